The number of carbonyl (C=O) groups is 3. The third kappa shape index (κ3) is 7.13. The summed E-state index contributed by atoms with van der Waals surface area (Å²) >= 11 is 0. The maximum Gasteiger partial charge on any atom is 0.329 e. The highest BCUT2D eigenvalue weighted by molar-refractivity contribution is 7.89. The van der Waals surface area contributed by atoms with E-state index in [2.05, 4.69) is 10.6 Å². The number of rotatable bonds is 10. The van der Waals surface area contributed by atoms with Crippen LogP contribution in [0.25, 0.3) is 0 Å². The fraction of sp³-hybridized carbons (Fsp3) is 0.348. The quantitative estimate of drug-likeness (QED) is 0.503. The van der Waals surface area contributed by atoms with E-state index in [1.54, 1.807) is 62.4 Å². The van der Waals surface area contributed by atoms with Crippen LogP contribution in [0.15, 0.2) is 59.5 Å². The summed E-state index contributed by atoms with van der Waals surface area (Å²) in [6.07, 6.45) is 0. The van der Waals surface area contributed by atoms with E-state index < -0.39 is 40.5 Å². The van der Waals surface area contributed by atoms with Gasteiger partial charge in [0.05, 0.1) is 4.90 Å². The normalized spacial score (nSPS) is 12.3. The molecule has 0 radical (unpaired) electrons. The number of benzene rings is 2. The van der Waals surface area contributed by atoms with E-state index >= 15 is 0 Å². The van der Waals surface area contributed by atoms with Crippen molar-refractivity contribution in [2.75, 3.05) is 20.7 Å². The lowest BCUT2D eigenvalue weighted by Crippen LogP contribution is -2.46. The van der Waals surface area contributed by atoms with Crippen LogP contribution in [-0.4, -0.2) is 57.3 Å². The third-order valence-electron chi connectivity index (χ3n) is 4.80. The molecule has 1 atom stereocenters. The molecular weight excluding hydrogens is 446 g/mol. The van der Waals surface area contributed by atoms with Gasteiger partial charge in [-0.05, 0) is 29.7 Å². The first-order chi connectivity index (χ1) is 15.5. The van der Waals surface area contributed by atoms with E-state index in [0.29, 0.717) is 11.1 Å². The van der Waals surface area contributed by atoms with Crippen LogP contribution in [0.3, 0.4) is 0 Å². The molecule has 0 bridgehead atoms. The maximum atomic E-state index is 12.5. The van der Waals surface area contributed by atoms with Gasteiger partial charge < -0.3 is 15.4 Å². The Labute approximate surface area is 194 Å². The Balaban J connectivity index is 1.95. The molecule has 0 aliphatic rings. The lowest BCUT2D eigenvalue weighted by atomic mass is 10.0. The second kappa shape index (κ2) is 11.6. The number of esters is 1. The molecule has 0 aromatic heterocycles. The number of nitrogens with one attached hydrogen (secondary N) is 2. The number of sulfonamides is 1. The monoisotopic (exact) mass is 475 g/mol. The van der Waals surface area contributed by atoms with E-state index in [4.69, 9.17) is 4.74 Å². The van der Waals surface area contributed by atoms with E-state index in [9.17, 15) is 22.8 Å². The van der Waals surface area contributed by atoms with Gasteiger partial charge in [-0.15, -0.1) is 0 Å². The second-order valence-corrected chi connectivity index (χ2v) is 9.96. The summed E-state index contributed by atoms with van der Waals surface area (Å²) in [5.41, 5.74) is 0.807. The van der Waals surface area contributed by atoms with Gasteiger partial charge in [0.2, 0.25) is 10.0 Å². The van der Waals surface area contributed by atoms with E-state index in [1.165, 1.54) is 20.2 Å². The first-order valence-corrected chi connectivity index (χ1v) is 11.8. The molecule has 33 heavy (non-hydrogen) atoms. The summed E-state index contributed by atoms with van der Waals surface area (Å²) in [5.74, 6) is -2.02. The zero-order valence-electron chi connectivity index (χ0n) is 19.1. The Bertz CT molecular complexity index is 1080. The SMILES string of the molecule is CC(C)[C@H](NC(=O)c1ccccc1)C(=O)OCC(=O)NCc1ccccc1S(=O)(=O)N(C)C. The van der Waals surface area contributed by atoms with Crippen molar-refractivity contribution in [3.05, 3.63) is 65.7 Å². The molecular formula is C23H29N3O6S. The summed E-state index contributed by atoms with van der Waals surface area (Å²) in [5, 5.41) is 5.19. The number of hydrogen-bond donors (Lipinski definition) is 2. The fourth-order valence-corrected chi connectivity index (χ4v) is 4.00. The van der Waals surface area contributed by atoms with Crippen molar-refractivity contribution in [3.8, 4) is 0 Å². The van der Waals surface area contributed by atoms with Gasteiger partial charge in [-0.25, -0.2) is 17.5 Å². The van der Waals surface area contributed by atoms with Gasteiger partial charge in [0.25, 0.3) is 11.8 Å². The minimum atomic E-state index is -3.68. The smallest absolute Gasteiger partial charge is 0.329 e. The Kier molecular flexibility index (Phi) is 9.12. The number of hydrogen-bond acceptors (Lipinski definition) is 6. The van der Waals surface area contributed by atoms with E-state index in [1.807, 2.05) is 0 Å². The predicted octanol–water partition coefficient (Wildman–Crippen LogP) is 1.55. The van der Waals surface area contributed by atoms with Gasteiger partial charge in [0.15, 0.2) is 6.61 Å². The highest BCUT2D eigenvalue weighted by Crippen LogP contribution is 2.18. The molecule has 2 N–H and O–H groups in total. The lowest BCUT2D eigenvalue weighted by Gasteiger charge is -2.21. The molecule has 0 aliphatic carbocycles. The van der Waals surface area contributed by atoms with Crippen LogP contribution >= 0.6 is 0 Å². The highest BCUT2D eigenvalue weighted by Gasteiger charge is 2.27. The van der Waals surface area contributed by atoms with Gasteiger partial charge in [-0.1, -0.05) is 50.2 Å². The Morgan fingerprint density at radius 3 is 2.18 bits per heavy atom. The van der Waals surface area contributed by atoms with Crippen LogP contribution < -0.4 is 10.6 Å². The maximum absolute atomic E-state index is 12.5. The Morgan fingerprint density at radius 1 is 0.970 bits per heavy atom. The summed E-state index contributed by atoms with van der Waals surface area (Å²) < 4.78 is 31.1. The van der Waals surface area contributed by atoms with Gasteiger partial charge in [0.1, 0.15) is 6.04 Å². The predicted molar refractivity (Wildman–Crippen MR) is 123 cm³/mol. The molecule has 178 valence electrons. The van der Waals surface area contributed by atoms with Crippen molar-refractivity contribution < 1.29 is 27.5 Å². The molecule has 2 rings (SSSR count). The molecule has 0 heterocycles. The zero-order chi connectivity index (χ0) is 24.6. The molecule has 0 saturated heterocycles. The molecule has 0 aliphatic heterocycles. The van der Waals surface area contributed by atoms with Crippen molar-refractivity contribution in [3.63, 3.8) is 0 Å². The highest BCUT2D eigenvalue weighted by atomic mass is 32.2. The summed E-state index contributed by atoms with van der Waals surface area (Å²) in [6.45, 7) is 2.88. The molecule has 0 fully saturated rings. The minimum Gasteiger partial charge on any atom is -0.454 e. The van der Waals surface area contributed by atoms with Crippen LogP contribution in [0, 0.1) is 5.92 Å². The van der Waals surface area contributed by atoms with Crippen LogP contribution in [-0.2, 0) is 30.9 Å². The van der Waals surface area contributed by atoms with Gasteiger partial charge >= 0.3 is 5.97 Å². The fourth-order valence-electron chi connectivity index (χ4n) is 2.88. The van der Waals surface area contributed by atoms with Gasteiger partial charge in [-0.3, -0.25) is 9.59 Å². The summed E-state index contributed by atoms with van der Waals surface area (Å²) in [4.78, 5) is 37.2. The van der Waals surface area contributed by atoms with Crippen molar-refractivity contribution in [1.82, 2.24) is 14.9 Å². The standard InChI is InChI=1S/C23H29N3O6S/c1-16(2)21(25-22(28)17-10-6-5-7-11-17)23(29)32-15-20(27)24-14-18-12-8-9-13-19(18)33(30,31)26(3)4/h5-13,16,21H,14-15H2,1-4H3,(H,24,27)(H,25,28)/t21-/m0/s1. The van der Waals surface area contributed by atoms with Crippen molar-refractivity contribution in [2.45, 2.75) is 31.3 Å². The number of ether oxygens (including phenoxy) is 1. The minimum absolute atomic E-state index is 0.0576. The van der Waals surface area contributed by atoms with Gasteiger partial charge in [0, 0.05) is 26.2 Å². The summed E-state index contributed by atoms with van der Waals surface area (Å²) in [7, 11) is -0.835. The molecule has 2 amide bonds. The molecule has 10 heteroatoms. The molecule has 0 unspecified atom stereocenters. The largest absolute Gasteiger partial charge is 0.454 e. The Hall–Kier alpha value is -3.24. The van der Waals surface area contributed by atoms with Crippen LogP contribution in [0.1, 0.15) is 29.8 Å². The average molecular weight is 476 g/mol. The Morgan fingerprint density at radius 2 is 1.58 bits per heavy atom. The van der Waals surface area contributed by atoms with Crippen LogP contribution in [0.5, 0.6) is 0 Å². The molecule has 0 spiro atoms. The van der Waals surface area contributed by atoms with Crippen molar-refractivity contribution in [1.29, 1.82) is 0 Å². The molecule has 0 saturated carbocycles. The average Bonchev–Trinajstić information content (AvgIpc) is 2.79. The molecule has 2 aromatic carbocycles. The first-order valence-electron chi connectivity index (χ1n) is 10.3. The number of nitrogens with zero attached hydrogens (tertiary/aromatic N) is 1. The molecule has 9 nitrogen and oxygen atoms in total. The number of amides is 2. The first kappa shape index (κ1) is 26.0. The van der Waals surface area contributed by atoms with Crippen molar-refractivity contribution in [2.24, 2.45) is 5.92 Å². The van der Waals surface area contributed by atoms with Crippen LogP contribution in [0.2, 0.25) is 0 Å². The second-order valence-electron chi connectivity index (χ2n) is 7.84. The lowest BCUT2D eigenvalue weighted by molar-refractivity contribution is -0.151. The van der Waals surface area contributed by atoms with Crippen molar-refractivity contribution >= 4 is 27.8 Å². The topological polar surface area (TPSA) is 122 Å². The number of carbonyl (C=O) groups excluding carboxylic acids is 3. The zero-order valence-corrected chi connectivity index (χ0v) is 19.9. The van der Waals surface area contributed by atoms with Crippen LogP contribution in [0.4, 0.5) is 0 Å². The summed E-state index contributed by atoms with van der Waals surface area (Å²) in [6, 6.07) is 13.8. The molecule has 2 aromatic rings. The van der Waals surface area contributed by atoms with E-state index in [0.717, 1.165) is 4.31 Å². The van der Waals surface area contributed by atoms with Gasteiger partial charge in [-0.2, -0.15) is 0 Å². The third-order valence-corrected chi connectivity index (χ3v) is 6.71. The van der Waals surface area contributed by atoms with E-state index in [-0.39, 0.29) is 17.4 Å².